The lowest BCUT2D eigenvalue weighted by atomic mass is 9.74. The Bertz CT molecular complexity index is 175. The van der Waals surface area contributed by atoms with Crippen LogP contribution in [0, 0.1) is 5.92 Å². The van der Waals surface area contributed by atoms with Crippen molar-refractivity contribution < 1.29 is 9.84 Å². The van der Waals surface area contributed by atoms with Crippen molar-refractivity contribution in [2.24, 2.45) is 11.7 Å². The third-order valence-electron chi connectivity index (χ3n) is 3.68. The van der Waals surface area contributed by atoms with Gasteiger partial charge in [0, 0.05) is 19.8 Å². The molecule has 2 unspecified atom stereocenters. The van der Waals surface area contributed by atoms with Gasteiger partial charge in [0.1, 0.15) is 0 Å². The standard InChI is InChI=1S/C12H25NO2/c1-2-11-6-3-4-7-12(11,10-13)15-9-5-8-14/h11,14H,2-10,13H2,1H3. The zero-order valence-corrected chi connectivity index (χ0v) is 9.87. The third-order valence-corrected chi connectivity index (χ3v) is 3.68. The SMILES string of the molecule is CCC1CCCCC1(CN)OCCCO. The topological polar surface area (TPSA) is 55.5 Å². The van der Waals surface area contributed by atoms with E-state index < -0.39 is 0 Å². The van der Waals surface area contributed by atoms with Gasteiger partial charge in [-0.2, -0.15) is 0 Å². The first-order chi connectivity index (χ1) is 7.29. The van der Waals surface area contributed by atoms with Crippen molar-refractivity contribution >= 4 is 0 Å². The summed E-state index contributed by atoms with van der Waals surface area (Å²) in [5.41, 5.74) is 5.80. The summed E-state index contributed by atoms with van der Waals surface area (Å²) in [6.07, 6.45) is 6.74. The van der Waals surface area contributed by atoms with E-state index in [0.29, 0.717) is 19.1 Å². The summed E-state index contributed by atoms with van der Waals surface area (Å²) < 4.78 is 5.98. The molecule has 1 fully saturated rings. The van der Waals surface area contributed by atoms with Gasteiger partial charge >= 0.3 is 0 Å². The summed E-state index contributed by atoms with van der Waals surface area (Å²) in [7, 11) is 0. The largest absolute Gasteiger partial charge is 0.396 e. The summed E-state index contributed by atoms with van der Waals surface area (Å²) in [6.45, 7) is 3.69. The first-order valence-electron chi connectivity index (χ1n) is 6.24. The maximum atomic E-state index is 8.76. The fourth-order valence-corrected chi connectivity index (χ4v) is 2.72. The Morgan fingerprint density at radius 2 is 2.27 bits per heavy atom. The summed E-state index contributed by atoms with van der Waals surface area (Å²) in [6, 6.07) is 0. The first kappa shape index (κ1) is 12.9. The first-order valence-corrected chi connectivity index (χ1v) is 6.24. The van der Waals surface area contributed by atoms with Crippen molar-refractivity contribution in [1.82, 2.24) is 0 Å². The second-order valence-corrected chi connectivity index (χ2v) is 4.55. The van der Waals surface area contributed by atoms with Gasteiger partial charge < -0.3 is 15.6 Å². The van der Waals surface area contributed by atoms with Crippen molar-refractivity contribution in [2.45, 2.75) is 51.0 Å². The fourth-order valence-electron chi connectivity index (χ4n) is 2.72. The number of aliphatic hydroxyl groups excluding tert-OH is 1. The van der Waals surface area contributed by atoms with Crippen molar-refractivity contribution in [2.75, 3.05) is 19.8 Å². The van der Waals surface area contributed by atoms with E-state index in [-0.39, 0.29) is 12.2 Å². The predicted molar refractivity (Wildman–Crippen MR) is 61.7 cm³/mol. The molecule has 1 aliphatic rings. The quantitative estimate of drug-likeness (QED) is 0.663. The van der Waals surface area contributed by atoms with Crippen LogP contribution in [0.15, 0.2) is 0 Å². The average Bonchev–Trinajstić information content (AvgIpc) is 2.30. The molecule has 0 aromatic heterocycles. The minimum Gasteiger partial charge on any atom is -0.396 e. The molecule has 0 aromatic carbocycles. The summed E-state index contributed by atoms with van der Waals surface area (Å²) in [5.74, 6) is 0.606. The van der Waals surface area contributed by atoms with E-state index in [0.717, 1.165) is 19.3 Å². The number of hydrogen-bond acceptors (Lipinski definition) is 3. The van der Waals surface area contributed by atoms with Crippen molar-refractivity contribution in [3.05, 3.63) is 0 Å². The molecule has 0 heterocycles. The van der Waals surface area contributed by atoms with Crippen molar-refractivity contribution in [1.29, 1.82) is 0 Å². The zero-order valence-electron chi connectivity index (χ0n) is 9.87. The molecule has 0 aliphatic heterocycles. The maximum Gasteiger partial charge on any atom is 0.0831 e. The minimum atomic E-state index is -0.0951. The molecule has 1 aliphatic carbocycles. The Kier molecular flexibility index (Phi) is 5.58. The molecule has 0 bridgehead atoms. The molecule has 0 saturated heterocycles. The highest BCUT2D eigenvalue weighted by molar-refractivity contribution is 4.92. The smallest absolute Gasteiger partial charge is 0.0831 e. The van der Waals surface area contributed by atoms with Gasteiger partial charge in [-0.05, 0) is 25.2 Å². The van der Waals surface area contributed by atoms with Gasteiger partial charge in [0.05, 0.1) is 5.60 Å². The molecule has 15 heavy (non-hydrogen) atoms. The minimum absolute atomic E-state index is 0.0951. The van der Waals surface area contributed by atoms with Crippen LogP contribution in [0.4, 0.5) is 0 Å². The normalized spacial score (nSPS) is 31.8. The van der Waals surface area contributed by atoms with Gasteiger partial charge in [0.25, 0.3) is 0 Å². The second kappa shape index (κ2) is 6.46. The van der Waals surface area contributed by atoms with E-state index in [4.69, 9.17) is 15.6 Å². The molecule has 3 heteroatoms. The number of rotatable bonds is 6. The van der Waals surface area contributed by atoms with Gasteiger partial charge in [0.2, 0.25) is 0 Å². The number of aliphatic hydroxyl groups is 1. The molecule has 3 N–H and O–H groups in total. The Hall–Kier alpha value is -0.120. The number of hydrogen-bond donors (Lipinski definition) is 2. The lowest BCUT2D eigenvalue weighted by molar-refractivity contribution is -0.105. The Labute approximate surface area is 93.0 Å². The molecule has 1 rings (SSSR count). The van der Waals surface area contributed by atoms with Crippen LogP contribution < -0.4 is 5.73 Å². The highest BCUT2D eigenvalue weighted by Crippen LogP contribution is 2.38. The van der Waals surface area contributed by atoms with Crippen LogP contribution >= 0.6 is 0 Å². The van der Waals surface area contributed by atoms with E-state index in [9.17, 15) is 0 Å². The van der Waals surface area contributed by atoms with Crippen LogP contribution in [0.5, 0.6) is 0 Å². The Morgan fingerprint density at radius 1 is 1.47 bits per heavy atom. The van der Waals surface area contributed by atoms with Crippen LogP contribution in [-0.2, 0) is 4.74 Å². The molecular formula is C12H25NO2. The predicted octanol–water partition coefficient (Wildman–Crippen LogP) is 1.68. The fraction of sp³-hybridized carbons (Fsp3) is 1.00. The lowest BCUT2D eigenvalue weighted by Gasteiger charge is -2.43. The van der Waals surface area contributed by atoms with Gasteiger partial charge in [-0.25, -0.2) is 0 Å². The van der Waals surface area contributed by atoms with Crippen LogP contribution in [0.1, 0.15) is 45.4 Å². The van der Waals surface area contributed by atoms with E-state index >= 15 is 0 Å². The molecule has 90 valence electrons. The van der Waals surface area contributed by atoms with E-state index in [1.54, 1.807) is 0 Å². The number of ether oxygens (including phenoxy) is 1. The Balaban J connectivity index is 2.53. The molecular weight excluding hydrogens is 190 g/mol. The maximum absolute atomic E-state index is 8.76. The molecule has 1 saturated carbocycles. The summed E-state index contributed by atoms with van der Waals surface area (Å²) in [4.78, 5) is 0. The molecule has 3 nitrogen and oxygen atoms in total. The van der Waals surface area contributed by atoms with E-state index in [1.165, 1.54) is 19.3 Å². The Morgan fingerprint density at radius 3 is 2.87 bits per heavy atom. The van der Waals surface area contributed by atoms with Crippen molar-refractivity contribution in [3.63, 3.8) is 0 Å². The van der Waals surface area contributed by atoms with E-state index in [1.807, 2.05) is 0 Å². The van der Waals surface area contributed by atoms with Gasteiger partial charge in [0.15, 0.2) is 0 Å². The second-order valence-electron chi connectivity index (χ2n) is 4.55. The van der Waals surface area contributed by atoms with Crippen LogP contribution in [-0.4, -0.2) is 30.5 Å². The summed E-state index contributed by atoms with van der Waals surface area (Å²) in [5, 5.41) is 8.76. The van der Waals surface area contributed by atoms with Crippen LogP contribution in [0.25, 0.3) is 0 Å². The van der Waals surface area contributed by atoms with Crippen LogP contribution in [0.3, 0.4) is 0 Å². The highest BCUT2D eigenvalue weighted by Gasteiger charge is 2.39. The van der Waals surface area contributed by atoms with E-state index in [2.05, 4.69) is 6.92 Å². The zero-order chi connectivity index (χ0) is 11.1. The molecule has 0 radical (unpaired) electrons. The highest BCUT2D eigenvalue weighted by atomic mass is 16.5. The molecule has 0 spiro atoms. The third kappa shape index (κ3) is 3.16. The molecule has 2 atom stereocenters. The molecule has 0 aromatic rings. The average molecular weight is 215 g/mol. The molecule has 0 amide bonds. The monoisotopic (exact) mass is 215 g/mol. The van der Waals surface area contributed by atoms with Gasteiger partial charge in [-0.15, -0.1) is 0 Å². The summed E-state index contributed by atoms with van der Waals surface area (Å²) >= 11 is 0. The van der Waals surface area contributed by atoms with Gasteiger partial charge in [-0.1, -0.05) is 26.2 Å². The van der Waals surface area contributed by atoms with Gasteiger partial charge in [-0.3, -0.25) is 0 Å². The van der Waals surface area contributed by atoms with Crippen molar-refractivity contribution in [3.8, 4) is 0 Å². The van der Waals surface area contributed by atoms with Crippen LogP contribution in [0.2, 0.25) is 0 Å². The lowest BCUT2D eigenvalue weighted by Crippen LogP contribution is -2.49. The number of nitrogens with two attached hydrogens (primary N) is 1.